The molecule has 102 valence electrons. The summed E-state index contributed by atoms with van der Waals surface area (Å²) >= 11 is 0. The fourth-order valence-electron chi connectivity index (χ4n) is 1.90. The van der Waals surface area contributed by atoms with E-state index < -0.39 is 0 Å². The summed E-state index contributed by atoms with van der Waals surface area (Å²) < 4.78 is 12.5. The van der Waals surface area contributed by atoms with E-state index in [9.17, 15) is 4.79 Å². The smallest absolute Gasteiger partial charge is 0.261 e. The fourth-order valence-corrected chi connectivity index (χ4v) is 1.90. The number of hydrogen-bond donors (Lipinski definition) is 0. The molecule has 5 nitrogen and oxygen atoms in total. The van der Waals surface area contributed by atoms with Crippen molar-refractivity contribution < 1.29 is 9.47 Å². The van der Waals surface area contributed by atoms with Crippen LogP contribution in [0.5, 0.6) is 11.5 Å². The number of aryl methyl sites for hydroxylation is 1. The molecule has 19 heavy (non-hydrogen) atoms. The van der Waals surface area contributed by atoms with E-state index in [4.69, 9.17) is 9.47 Å². The zero-order chi connectivity index (χ0) is 14.2. The van der Waals surface area contributed by atoms with Crippen LogP contribution in [0.1, 0.15) is 19.7 Å². The standard InChI is InChI=1S/C14H18N2O3/c1-8(2)19-13-7-11-10(6-12(13)18-5)14(17)16(4)9(3)15-11/h6-8H,1-5H3. The molecule has 0 atom stereocenters. The van der Waals surface area contributed by atoms with E-state index in [1.807, 2.05) is 13.8 Å². The molecule has 0 unspecified atom stereocenters. The Morgan fingerprint density at radius 3 is 2.53 bits per heavy atom. The van der Waals surface area contributed by atoms with Gasteiger partial charge < -0.3 is 9.47 Å². The molecular formula is C14H18N2O3. The van der Waals surface area contributed by atoms with E-state index in [0.717, 1.165) is 0 Å². The minimum Gasteiger partial charge on any atom is -0.493 e. The first-order valence-electron chi connectivity index (χ1n) is 6.16. The number of rotatable bonds is 3. The lowest BCUT2D eigenvalue weighted by Gasteiger charge is -2.14. The van der Waals surface area contributed by atoms with E-state index in [0.29, 0.717) is 28.2 Å². The van der Waals surface area contributed by atoms with Gasteiger partial charge in [-0.3, -0.25) is 9.36 Å². The van der Waals surface area contributed by atoms with E-state index in [2.05, 4.69) is 4.98 Å². The molecule has 1 heterocycles. The molecular weight excluding hydrogens is 244 g/mol. The number of benzene rings is 1. The molecule has 2 rings (SSSR count). The molecule has 1 aromatic carbocycles. The highest BCUT2D eigenvalue weighted by atomic mass is 16.5. The Hall–Kier alpha value is -2.04. The summed E-state index contributed by atoms with van der Waals surface area (Å²) in [6.45, 7) is 5.67. The Kier molecular flexibility index (Phi) is 3.46. The van der Waals surface area contributed by atoms with Gasteiger partial charge in [-0.15, -0.1) is 0 Å². The second kappa shape index (κ2) is 4.91. The highest BCUT2D eigenvalue weighted by Gasteiger charge is 2.13. The maximum Gasteiger partial charge on any atom is 0.261 e. The Balaban J connectivity index is 2.74. The first-order chi connectivity index (χ1) is 8.93. The van der Waals surface area contributed by atoms with Gasteiger partial charge in [0.1, 0.15) is 5.82 Å². The van der Waals surface area contributed by atoms with Crippen molar-refractivity contribution >= 4 is 10.9 Å². The fraction of sp³-hybridized carbons (Fsp3) is 0.429. The van der Waals surface area contributed by atoms with Gasteiger partial charge in [-0.1, -0.05) is 0 Å². The van der Waals surface area contributed by atoms with Crippen molar-refractivity contribution in [1.82, 2.24) is 9.55 Å². The predicted molar refractivity (Wildman–Crippen MR) is 74.0 cm³/mol. The quantitative estimate of drug-likeness (QED) is 0.849. The third-order valence-electron chi connectivity index (χ3n) is 2.95. The number of ether oxygens (including phenoxy) is 2. The molecule has 0 spiro atoms. The molecule has 0 saturated heterocycles. The van der Waals surface area contributed by atoms with Crippen molar-refractivity contribution in [1.29, 1.82) is 0 Å². The summed E-state index contributed by atoms with van der Waals surface area (Å²) in [7, 11) is 3.26. The molecule has 0 saturated carbocycles. The van der Waals surface area contributed by atoms with Crippen LogP contribution >= 0.6 is 0 Å². The average Bonchev–Trinajstić information content (AvgIpc) is 2.35. The van der Waals surface area contributed by atoms with Gasteiger partial charge in [0.25, 0.3) is 5.56 Å². The maximum atomic E-state index is 12.2. The molecule has 2 aromatic rings. The molecule has 0 N–H and O–H groups in total. The summed E-state index contributed by atoms with van der Waals surface area (Å²) in [5, 5.41) is 0.529. The first-order valence-corrected chi connectivity index (χ1v) is 6.16. The van der Waals surface area contributed by atoms with E-state index >= 15 is 0 Å². The van der Waals surface area contributed by atoms with Crippen LogP contribution in [0, 0.1) is 6.92 Å². The van der Waals surface area contributed by atoms with Crippen molar-refractivity contribution in [3.63, 3.8) is 0 Å². The van der Waals surface area contributed by atoms with Crippen molar-refractivity contribution in [3.8, 4) is 11.5 Å². The van der Waals surface area contributed by atoms with E-state index in [1.54, 1.807) is 33.2 Å². The molecule has 0 radical (unpaired) electrons. The summed E-state index contributed by atoms with van der Waals surface area (Å²) in [4.78, 5) is 16.6. The van der Waals surface area contributed by atoms with Crippen molar-refractivity contribution in [2.45, 2.75) is 26.9 Å². The average molecular weight is 262 g/mol. The van der Waals surface area contributed by atoms with Gasteiger partial charge in [-0.05, 0) is 26.8 Å². The van der Waals surface area contributed by atoms with Crippen LogP contribution in [0.25, 0.3) is 10.9 Å². The van der Waals surface area contributed by atoms with Gasteiger partial charge >= 0.3 is 0 Å². The topological polar surface area (TPSA) is 53.4 Å². The molecule has 5 heteroatoms. The highest BCUT2D eigenvalue weighted by Crippen LogP contribution is 2.31. The van der Waals surface area contributed by atoms with Crippen LogP contribution in [0.4, 0.5) is 0 Å². The second-order valence-corrected chi connectivity index (χ2v) is 4.71. The molecule has 0 amide bonds. The van der Waals surface area contributed by atoms with Gasteiger partial charge in [0.15, 0.2) is 11.5 Å². The minimum absolute atomic E-state index is 0.0268. The number of hydrogen-bond acceptors (Lipinski definition) is 4. The van der Waals surface area contributed by atoms with Crippen LogP contribution in [0.15, 0.2) is 16.9 Å². The Labute approximate surface area is 111 Å². The number of aromatic nitrogens is 2. The van der Waals surface area contributed by atoms with Gasteiger partial charge in [0.05, 0.1) is 24.1 Å². The van der Waals surface area contributed by atoms with Gasteiger partial charge in [0.2, 0.25) is 0 Å². The predicted octanol–water partition coefficient (Wildman–Crippen LogP) is 2.04. The van der Waals surface area contributed by atoms with Crippen LogP contribution < -0.4 is 15.0 Å². The Morgan fingerprint density at radius 2 is 1.95 bits per heavy atom. The lowest BCUT2D eigenvalue weighted by atomic mass is 10.2. The number of nitrogens with zero attached hydrogens (tertiary/aromatic N) is 2. The maximum absolute atomic E-state index is 12.2. The van der Waals surface area contributed by atoms with E-state index in [1.165, 1.54) is 4.57 Å². The van der Waals surface area contributed by atoms with E-state index in [-0.39, 0.29) is 11.7 Å². The van der Waals surface area contributed by atoms with Crippen LogP contribution in [0.2, 0.25) is 0 Å². The molecule has 0 aliphatic carbocycles. The Morgan fingerprint density at radius 1 is 1.26 bits per heavy atom. The van der Waals surface area contributed by atoms with Gasteiger partial charge in [-0.2, -0.15) is 0 Å². The Bertz CT molecular complexity index is 674. The number of methoxy groups -OCH3 is 1. The minimum atomic E-state index is -0.0862. The SMILES string of the molecule is COc1cc2c(=O)n(C)c(C)nc2cc1OC(C)C. The molecule has 1 aromatic heterocycles. The lowest BCUT2D eigenvalue weighted by Crippen LogP contribution is -2.20. The molecule has 0 aliphatic heterocycles. The zero-order valence-electron chi connectivity index (χ0n) is 11.9. The zero-order valence-corrected chi connectivity index (χ0v) is 11.9. The lowest BCUT2D eigenvalue weighted by molar-refractivity contribution is 0.230. The molecule has 0 bridgehead atoms. The van der Waals surface area contributed by atoms with Crippen LogP contribution in [0.3, 0.4) is 0 Å². The summed E-state index contributed by atoms with van der Waals surface area (Å²) in [6, 6.07) is 3.43. The monoisotopic (exact) mass is 262 g/mol. The number of fused-ring (bicyclic) bond motifs is 1. The normalized spacial score (nSPS) is 11.1. The highest BCUT2D eigenvalue weighted by molar-refractivity contribution is 5.81. The largest absolute Gasteiger partial charge is 0.493 e. The van der Waals surface area contributed by atoms with Crippen molar-refractivity contribution in [2.24, 2.45) is 7.05 Å². The third kappa shape index (κ3) is 2.41. The van der Waals surface area contributed by atoms with Crippen molar-refractivity contribution in [2.75, 3.05) is 7.11 Å². The summed E-state index contributed by atoms with van der Waals surface area (Å²) in [5.41, 5.74) is 0.536. The second-order valence-electron chi connectivity index (χ2n) is 4.71. The third-order valence-corrected chi connectivity index (χ3v) is 2.95. The first kappa shape index (κ1) is 13.4. The summed E-state index contributed by atoms with van der Waals surface area (Å²) in [5.74, 6) is 1.81. The molecule has 0 fully saturated rings. The van der Waals surface area contributed by atoms with Crippen molar-refractivity contribution in [3.05, 3.63) is 28.3 Å². The summed E-state index contributed by atoms with van der Waals surface area (Å²) in [6.07, 6.45) is 0.0268. The van der Waals surface area contributed by atoms with Gasteiger partial charge in [-0.25, -0.2) is 4.98 Å². The van der Waals surface area contributed by atoms with Gasteiger partial charge in [0, 0.05) is 13.1 Å². The van der Waals surface area contributed by atoms with Crippen LogP contribution in [-0.2, 0) is 7.05 Å². The molecule has 0 aliphatic rings. The van der Waals surface area contributed by atoms with Crippen LogP contribution in [-0.4, -0.2) is 22.8 Å².